The van der Waals surface area contributed by atoms with Crippen LogP contribution in [0.2, 0.25) is 5.02 Å². The molecular formula is C41H38BrClN2O6S. The molecule has 2 N–H and O–H groups in total. The van der Waals surface area contributed by atoms with Crippen molar-refractivity contribution in [3.8, 4) is 5.75 Å². The van der Waals surface area contributed by atoms with Crippen LogP contribution >= 0.6 is 27.5 Å². The van der Waals surface area contributed by atoms with Gasteiger partial charge >= 0.3 is 0 Å². The van der Waals surface area contributed by atoms with Gasteiger partial charge in [0, 0.05) is 47.2 Å². The van der Waals surface area contributed by atoms with Crippen molar-refractivity contribution in [1.82, 2.24) is 4.72 Å². The van der Waals surface area contributed by atoms with Gasteiger partial charge in [-0.2, -0.15) is 0 Å². The summed E-state index contributed by atoms with van der Waals surface area (Å²) in [5, 5.41) is 3.48. The molecule has 0 spiro atoms. The fraction of sp³-hybridized carbons (Fsp3) is 0.220. The van der Waals surface area contributed by atoms with E-state index in [2.05, 4.69) is 26.0 Å². The van der Waals surface area contributed by atoms with Gasteiger partial charge in [0.1, 0.15) is 12.4 Å². The summed E-state index contributed by atoms with van der Waals surface area (Å²) < 4.78 is 41.6. The summed E-state index contributed by atoms with van der Waals surface area (Å²) in [6, 6.07) is 35.0. The highest BCUT2D eigenvalue weighted by Gasteiger charge is 2.23. The molecule has 0 bridgehead atoms. The number of nitrogens with one attached hydrogen (secondary N) is 2. The van der Waals surface area contributed by atoms with Crippen LogP contribution < -0.4 is 14.8 Å². The third-order valence-electron chi connectivity index (χ3n) is 8.76. The van der Waals surface area contributed by atoms with E-state index in [0.29, 0.717) is 67.5 Å². The van der Waals surface area contributed by atoms with Crippen LogP contribution in [0.1, 0.15) is 46.2 Å². The normalized spacial score (nSPS) is 13.3. The number of benzene rings is 5. The van der Waals surface area contributed by atoms with Crippen LogP contribution in [0.5, 0.6) is 5.75 Å². The summed E-state index contributed by atoms with van der Waals surface area (Å²) in [5.74, 6) is -0.242. The average Bonchev–Trinajstić information content (AvgIpc) is 3.13. The van der Waals surface area contributed by atoms with Gasteiger partial charge in [0.15, 0.2) is 0 Å². The van der Waals surface area contributed by atoms with Gasteiger partial charge < -0.3 is 14.8 Å². The van der Waals surface area contributed by atoms with Crippen molar-refractivity contribution in [2.45, 2.75) is 43.6 Å². The van der Waals surface area contributed by atoms with Crippen LogP contribution in [0.3, 0.4) is 0 Å². The molecule has 0 aliphatic carbocycles. The molecule has 0 aromatic heterocycles. The van der Waals surface area contributed by atoms with Crippen molar-refractivity contribution >= 4 is 55.1 Å². The maximum atomic E-state index is 13.4. The van der Waals surface area contributed by atoms with E-state index in [1.54, 1.807) is 0 Å². The molecule has 0 atom stereocenters. The van der Waals surface area contributed by atoms with E-state index < -0.39 is 15.9 Å². The van der Waals surface area contributed by atoms with Crippen LogP contribution in [0.4, 0.5) is 5.69 Å². The van der Waals surface area contributed by atoms with Gasteiger partial charge in [-0.25, -0.2) is 13.1 Å². The number of halogens is 2. The smallest absolute Gasteiger partial charge is 0.264 e. The Hall–Kier alpha value is -4.48. The first-order valence-electron chi connectivity index (χ1n) is 17.0. The minimum absolute atomic E-state index is 0.0871. The molecule has 52 heavy (non-hydrogen) atoms. The number of hydrogen-bond donors (Lipinski definition) is 2. The minimum Gasteiger partial charge on any atom is -0.488 e. The second kappa shape index (κ2) is 17.4. The zero-order valence-corrected chi connectivity index (χ0v) is 31.5. The van der Waals surface area contributed by atoms with E-state index >= 15 is 0 Å². The highest BCUT2D eigenvalue weighted by Crippen LogP contribution is 2.32. The Bertz CT molecular complexity index is 2120. The third-order valence-corrected chi connectivity index (χ3v) is 10.9. The lowest BCUT2D eigenvalue weighted by Crippen LogP contribution is -2.32. The number of ether oxygens (including phenoxy) is 2. The van der Waals surface area contributed by atoms with Crippen molar-refractivity contribution in [3.63, 3.8) is 0 Å². The quantitative estimate of drug-likeness (QED) is 0.124. The number of hydrogen-bond acceptors (Lipinski definition) is 6. The van der Waals surface area contributed by atoms with E-state index in [0.717, 1.165) is 32.3 Å². The van der Waals surface area contributed by atoms with Crippen LogP contribution in [-0.2, 0) is 50.2 Å². The van der Waals surface area contributed by atoms with Crippen LogP contribution in [0, 0.1) is 5.92 Å². The highest BCUT2D eigenvalue weighted by molar-refractivity contribution is 9.10. The van der Waals surface area contributed by atoms with Crippen molar-refractivity contribution < 1.29 is 27.5 Å². The molecule has 6 rings (SSSR count). The monoisotopic (exact) mass is 800 g/mol. The topological polar surface area (TPSA) is 111 Å². The molecule has 1 aliphatic rings. The molecule has 1 fully saturated rings. The lowest BCUT2D eigenvalue weighted by molar-refractivity contribution is -0.122. The summed E-state index contributed by atoms with van der Waals surface area (Å²) in [6.45, 7) is 1.39. The fourth-order valence-corrected chi connectivity index (χ4v) is 7.70. The third kappa shape index (κ3) is 10.3. The molecule has 8 nitrogen and oxygen atoms in total. The first-order chi connectivity index (χ1) is 25.1. The van der Waals surface area contributed by atoms with Crippen LogP contribution in [0.25, 0.3) is 0 Å². The molecule has 0 radical (unpaired) electrons. The van der Waals surface area contributed by atoms with Gasteiger partial charge in [-0.15, -0.1) is 0 Å². The van der Waals surface area contributed by atoms with E-state index in [9.17, 15) is 18.0 Å². The molecule has 1 saturated heterocycles. The summed E-state index contributed by atoms with van der Waals surface area (Å²) in [5.41, 5.74) is 5.91. The molecule has 5 aromatic carbocycles. The Morgan fingerprint density at radius 2 is 1.42 bits per heavy atom. The van der Waals surface area contributed by atoms with E-state index in [4.69, 9.17) is 21.1 Å². The Morgan fingerprint density at radius 3 is 2.10 bits per heavy atom. The molecule has 2 amide bonds. The van der Waals surface area contributed by atoms with E-state index in [1.807, 2.05) is 91.0 Å². The van der Waals surface area contributed by atoms with E-state index in [1.165, 1.54) is 24.3 Å². The van der Waals surface area contributed by atoms with Gasteiger partial charge in [-0.1, -0.05) is 94.3 Å². The van der Waals surface area contributed by atoms with Crippen molar-refractivity contribution in [2.75, 3.05) is 18.5 Å². The van der Waals surface area contributed by atoms with Gasteiger partial charge in [-0.05, 0) is 94.8 Å². The van der Waals surface area contributed by atoms with Crippen LogP contribution in [0.15, 0.2) is 125 Å². The number of rotatable bonds is 13. The molecule has 268 valence electrons. The van der Waals surface area contributed by atoms with Gasteiger partial charge in [0.25, 0.3) is 10.0 Å². The average molecular weight is 802 g/mol. The van der Waals surface area contributed by atoms with Crippen molar-refractivity contribution in [1.29, 1.82) is 0 Å². The number of amides is 2. The number of carbonyl (C=O) groups is 2. The molecule has 5 aromatic rings. The largest absolute Gasteiger partial charge is 0.488 e. The molecule has 11 heteroatoms. The summed E-state index contributed by atoms with van der Waals surface area (Å²) in [6.07, 6.45) is 2.16. The maximum Gasteiger partial charge on any atom is 0.264 e. The first kappa shape index (κ1) is 37.3. The number of sulfonamides is 1. The number of anilines is 1. The molecular weight excluding hydrogens is 764 g/mol. The van der Waals surface area contributed by atoms with Gasteiger partial charge in [-0.3, -0.25) is 9.59 Å². The maximum absolute atomic E-state index is 13.4. The van der Waals surface area contributed by atoms with Gasteiger partial charge in [0.2, 0.25) is 11.8 Å². The van der Waals surface area contributed by atoms with E-state index in [-0.39, 0.29) is 23.1 Å². The second-order valence-electron chi connectivity index (χ2n) is 12.7. The Kier molecular flexibility index (Phi) is 12.4. The Morgan fingerprint density at radius 1 is 0.769 bits per heavy atom. The van der Waals surface area contributed by atoms with Crippen molar-refractivity contribution in [2.24, 2.45) is 5.92 Å². The lowest BCUT2D eigenvalue weighted by atomic mass is 9.94. The SMILES string of the molecule is O=C(Cc1cc(Cc2ccccc2)c(OCc2ccc(Cl)cc2)c(Cc2cccc(Br)c2)c1)NS(=O)(=O)c1ccc(NC(=O)C2CCOCC2)cc1. The Balaban J connectivity index is 1.24. The fourth-order valence-electron chi connectivity index (χ4n) is 6.15. The first-order valence-corrected chi connectivity index (χ1v) is 19.6. The summed E-state index contributed by atoms with van der Waals surface area (Å²) in [7, 11) is -4.19. The zero-order chi connectivity index (χ0) is 36.5. The number of carbonyl (C=O) groups excluding carboxylic acids is 2. The zero-order valence-electron chi connectivity index (χ0n) is 28.3. The molecule has 0 unspecified atom stereocenters. The molecule has 1 aliphatic heterocycles. The van der Waals surface area contributed by atoms with Crippen molar-refractivity contribution in [3.05, 3.63) is 158 Å². The standard InChI is InChI=1S/C41H38BrClN2O6S/c42-35-8-4-7-30(25-35)22-34-24-31(23-33(21-28-5-2-1-3-6-28)40(34)51-27-29-9-11-36(43)12-10-29)26-39(46)45-52(48,49)38-15-13-37(14-16-38)44-41(47)32-17-19-50-20-18-32/h1-16,23-25,32H,17-22,26-27H2,(H,44,47)(H,45,46). The molecule has 1 heterocycles. The minimum atomic E-state index is -4.19. The predicted octanol–water partition coefficient (Wildman–Crippen LogP) is 8.28. The lowest BCUT2D eigenvalue weighted by Gasteiger charge is -2.21. The van der Waals surface area contributed by atoms with Crippen LogP contribution in [-0.4, -0.2) is 33.4 Å². The predicted molar refractivity (Wildman–Crippen MR) is 206 cm³/mol. The Labute approximate surface area is 317 Å². The van der Waals surface area contributed by atoms with Gasteiger partial charge in [0.05, 0.1) is 11.3 Å². The molecule has 0 saturated carbocycles. The summed E-state index contributed by atoms with van der Waals surface area (Å²) in [4.78, 5) is 25.9. The summed E-state index contributed by atoms with van der Waals surface area (Å²) >= 11 is 9.69. The highest BCUT2D eigenvalue weighted by atomic mass is 79.9. The second-order valence-corrected chi connectivity index (χ2v) is 15.8.